The van der Waals surface area contributed by atoms with Crippen molar-refractivity contribution < 1.29 is 133 Å². The van der Waals surface area contributed by atoms with E-state index in [4.69, 9.17) is 24.2 Å². The molecule has 7 heterocycles. The second-order valence-electron chi connectivity index (χ2n) is 29.3. The van der Waals surface area contributed by atoms with Gasteiger partial charge < -0.3 is 29.5 Å². The Labute approximate surface area is 641 Å². The number of hydroxylamine groups is 10. The number of hydrogen-bond donors (Lipinski definition) is 1. The van der Waals surface area contributed by atoms with Gasteiger partial charge in [0.05, 0.1) is 25.5 Å². The number of imide groups is 7. The molecule has 1 N–H and O–H groups in total. The summed E-state index contributed by atoms with van der Waals surface area (Å²) in [4.78, 5) is 261. The molecule has 0 saturated carbocycles. The molecule has 9 unspecified atom stereocenters. The van der Waals surface area contributed by atoms with Crippen LogP contribution in [-0.4, -0.2) is 198 Å². The highest BCUT2D eigenvalue weighted by Gasteiger charge is 2.47. The monoisotopic (exact) mass is 1590 g/mol. The Morgan fingerprint density at radius 1 is 0.445 bits per heavy atom. The van der Waals surface area contributed by atoms with Gasteiger partial charge in [0.15, 0.2) is 5.25 Å². The van der Waals surface area contributed by atoms with Crippen LogP contribution in [0.1, 0.15) is 205 Å². The van der Waals surface area contributed by atoms with E-state index in [-0.39, 0.29) is 177 Å². The molecule has 36 nitrogen and oxygen atoms in total. The van der Waals surface area contributed by atoms with Crippen LogP contribution in [0.4, 0.5) is 5.69 Å². The molecule has 7 aliphatic heterocycles. The van der Waals surface area contributed by atoms with Gasteiger partial charge in [-0.1, -0.05) is 111 Å². The minimum Gasteiger partial charge on any atom is -0.330 e. The number of nitrogens with one attached hydrogen (secondary N) is 1. The van der Waals surface area contributed by atoms with Crippen molar-refractivity contribution in [2.24, 2.45) is 65.1 Å². The van der Waals surface area contributed by atoms with Crippen molar-refractivity contribution in [1.29, 1.82) is 0 Å². The minimum absolute atomic E-state index is 0.00524. The molecule has 7 aliphatic rings. The summed E-state index contributed by atoms with van der Waals surface area (Å²) in [6.07, 6.45) is 0.895. The molecule has 0 spiro atoms. The highest BCUT2D eigenvalue weighted by molar-refractivity contribution is 8.00. The Morgan fingerprint density at radius 3 is 1.14 bits per heavy atom. The van der Waals surface area contributed by atoms with E-state index >= 15 is 0 Å². The topological polar surface area (TPSA) is 466 Å². The number of carbonyl (C=O) groups is 20. The van der Waals surface area contributed by atoms with E-state index in [1.54, 1.807) is 46.8 Å². The largest absolute Gasteiger partial charge is 0.363 e. The summed E-state index contributed by atoms with van der Waals surface area (Å²) in [5.41, 5.74) is 0.733. The fourth-order valence-corrected chi connectivity index (χ4v) is 13.8. The normalized spacial score (nSPS) is 21.9. The number of hydrogen-bond acceptors (Lipinski definition) is 29. The number of thioether (sulfide) groups is 1. The van der Waals surface area contributed by atoms with E-state index < -0.39 is 128 Å². The zero-order chi connectivity index (χ0) is 83.4. The van der Waals surface area contributed by atoms with E-state index in [1.165, 1.54) is 35.7 Å². The first-order chi connectivity index (χ1) is 51.1. The minimum atomic E-state index is -4.22. The molecule has 0 bridgehead atoms. The standard InChI is InChI=1S/C17H20N2O5.C16H22N2O6.C15H20N2O6.C14H23NO7S2.C10H15NO4/c1-10(2)8-14(20)18-13-6-4-12(5-7-13)17(23)24-19-15(21)9-11(3)16(19)22;1-9(2)11-8-12(19)17(16(11)23)6-4-5-14(21)24-18-13(20)7-10(3)15(18)22;1-8(2)10-7-11(18)16(15(10)22)5-4-13(20)23-17-12(19)6-9(3)14(17)21;1-8(2)23-10(4)7-11(24(19,20)21-5)14(18)22-15-12(16)6-9(3)13(15)17;1-6(2)4-9(13)15-11-8(12)5-7(3)10(11)14/h4-7,10-11H,8-9H2,1-3H3,(H,18,20);9-11H,4-8H2,1-3H3;8-10H,4-7H2,1-3H3;8-11H,6-7H2,1-5H3;6-7H,4-5H2,1-3H3. The van der Waals surface area contributed by atoms with E-state index in [0.717, 1.165) is 12.0 Å². The van der Waals surface area contributed by atoms with Crippen LogP contribution in [0.5, 0.6) is 0 Å². The molecule has 7 fully saturated rings. The second-order valence-corrected chi connectivity index (χ2v) is 33.2. The lowest BCUT2D eigenvalue weighted by Gasteiger charge is -2.21. The van der Waals surface area contributed by atoms with Crippen LogP contribution in [0.15, 0.2) is 24.3 Å². The van der Waals surface area contributed by atoms with E-state index in [2.05, 4.69) is 9.50 Å². The highest BCUT2D eigenvalue weighted by Crippen LogP contribution is 2.31. The summed E-state index contributed by atoms with van der Waals surface area (Å²) < 4.78 is 28.5. The molecular weight excluding hydrogens is 1490 g/mol. The Kier molecular flexibility index (Phi) is 34.8. The molecule has 1 aromatic rings. The van der Waals surface area contributed by atoms with Gasteiger partial charge in [0.1, 0.15) is 0 Å². The quantitative estimate of drug-likeness (QED) is 0.0890. The van der Waals surface area contributed by atoms with Crippen molar-refractivity contribution in [3.05, 3.63) is 29.8 Å². The third-order valence-electron chi connectivity index (χ3n) is 17.5. The first-order valence-electron chi connectivity index (χ1n) is 36.1. The van der Waals surface area contributed by atoms with Crippen LogP contribution in [0.3, 0.4) is 0 Å². The molecule has 7 saturated heterocycles. The van der Waals surface area contributed by atoms with Crippen LogP contribution in [0.2, 0.25) is 0 Å². The first-order valence-corrected chi connectivity index (χ1v) is 38.5. The lowest BCUT2D eigenvalue weighted by Crippen LogP contribution is -2.41. The van der Waals surface area contributed by atoms with E-state index in [1.807, 2.05) is 69.2 Å². The molecule has 38 heteroatoms. The number of benzene rings is 1. The summed E-state index contributed by atoms with van der Waals surface area (Å²) in [7, 11) is -3.27. The van der Waals surface area contributed by atoms with Crippen LogP contribution < -0.4 is 5.32 Å². The number of amides is 15. The zero-order valence-electron chi connectivity index (χ0n) is 64.9. The Hall–Kier alpha value is -9.72. The summed E-state index contributed by atoms with van der Waals surface area (Å²) in [6.45, 7) is 28.7. The molecule has 608 valence electrons. The Bertz CT molecular complexity index is 3840. The van der Waals surface area contributed by atoms with Crippen LogP contribution in [-0.2, 0) is 130 Å². The van der Waals surface area contributed by atoms with Gasteiger partial charge in [-0.05, 0) is 66.0 Å². The van der Waals surface area contributed by atoms with Crippen LogP contribution >= 0.6 is 11.8 Å². The molecule has 0 aliphatic carbocycles. The number of rotatable bonds is 27. The number of carbonyl (C=O) groups excluding carboxylic acids is 20. The number of nitrogens with zero attached hydrogens (tertiary/aromatic N) is 7. The van der Waals surface area contributed by atoms with Crippen molar-refractivity contribution in [1.82, 2.24) is 35.1 Å². The zero-order valence-corrected chi connectivity index (χ0v) is 66.5. The maximum Gasteiger partial charge on any atom is 0.363 e. The van der Waals surface area contributed by atoms with Gasteiger partial charge in [-0.25, -0.2) is 24.0 Å². The molecule has 0 radical (unpaired) electrons. The van der Waals surface area contributed by atoms with Gasteiger partial charge in [-0.15, -0.1) is 25.3 Å². The van der Waals surface area contributed by atoms with E-state index in [0.29, 0.717) is 37.4 Å². The Balaban J connectivity index is 0.000000292. The highest BCUT2D eigenvalue weighted by atomic mass is 32.2. The van der Waals surface area contributed by atoms with Crippen molar-refractivity contribution in [3.63, 3.8) is 0 Å². The summed E-state index contributed by atoms with van der Waals surface area (Å²) in [5, 5.41) is 3.62. The third kappa shape index (κ3) is 26.2. The fraction of sp³-hybridized carbons (Fsp3) is 0.639. The average Bonchev–Trinajstić information content (AvgIpc) is 1.20. The maximum atomic E-state index is 12.3. The second kappa shape index (κ2) is 41.4. The average molecular weight is 1590 g/mol. The fourth-order valence-electron chi connectivity index (χ4n) is 11.4. The summed E-state index contributed by atoms with van der Waals surface area (Å²) in [5.74, 6) is -13.3. The molecule has 110 heavy (non-hydrogen) atoms. The molecule has 0 aromatic heterocycles. The number of likely N-dealkylation sites (tertiary alicyclic amines) is 2. The summed E-state index contributed by atoms with van der Waals surface area (Å²) >= 11 is 1.50. The third-order valence-corrected chi connectivity index (χ3v) is 20.3. The van der Waals surface area contributed by atoms with Gasteiger partial charge in [-0.3, -0.25) is 85.9 Å². The molecule has 9 atom stereocenters. The molecular formula is C72H100N8O28S2. The molecule has 15 amide bonds. The smallest absolute Gasteiger partial charge is 0.330 e. The van der Waals surface area contributed by atoms with Crippen molar-refractivity contribution in [2.75, 3.05) is 25.5 Å². The van der Waals surface area contributed by atoms with Gasteiger partial charge in [0.2, 0.25) is 29.5 Å². The van der Waals surface area contributed by atoms with E-state index in [9.17, 15) is 104 Å². The van der Waals surface area contributed by atoms with Crippen LogP contribution in [0, 0.1) is 65.1 Å². The Morgan fingerprint density at radius 2 is 0.800 bits per heavy atom. The first kappa shape index (κ1) is 92.7. The van der Waals surface area contributed by atoms with Crippen molar-refractivity contribution in [3.8, 4) is 0 Å². The van der Waals surface area contributed by atoms with Gasteiger partial charge in [0.25, 0.3) is 69.2 Å². The predicted octanol–water partition coefficient (Wildman–Crippen LogP) is 5.04. The van der Waals surface area contributed by atoms with Gasteiger partial charge in [-0.2, -0.15) is 20.2 Å². The van der Waals surface area contributed by atoms with Crippen molar-refractivity contribution in [2.45, 2.75) is 210 Å². The lowest BCUT2D eigenvalue weighted by atomic mass is 9.94. The molecule has 8 rings (SSSR count). The van der Waals surface area contributed by atoms with Gasteiger partial charge in [0, 0.05) is 123 Å². The summed E-state index contributed by atoms with van der Waals surface area (Å²) in [6, 6.07) is 6.04. The van der Waals surface area contributed by atoms with Gasteiger partial charge >= 0.3 is 29.8 Å². The molecule has 1 aromatic carbocycles. The SMILES string of the molecule is CC(C)CC(=O)Nc1ccc(C(=O)ON2C(=O)CC(C)C2=O)cc1.CC(C)CC(=O)ON1C(=O)CC(C)C1=O.CC1CC(=O)N(OC(=O)CCCN2C(=O)CC(C(C)C)C2=O)C1=O.CC1CC(=O)N(OC(=O)CCN2C(=O)CC(C(C)C)C2=O)C1=O.COS(=O)(=O)C(CC(C)SC(C)C)C(=O)ON1C(=O)CC(C)C1=O. The van der Waals surface area contributed by atoms with Crippen molar-refractivity contribution >= 4 is 146 Å². The lowest BCUT2D eigenvalue weighted by molar-refractivity contribution is -0.198. The van der Waals surface area contributed by atoms with Crippen LogP contribution in [0.25, 0.3) is 0 Å². The maximum absolute atomic E-state index is 12.3. The number of anilines is 1. The predicted molar refractivity (Wildman–Crippen MR) is 382 cm³/mol.